The fraction of sp³-hybridized carbons (Fsp3) is 0.429. The summed E-state index contributed by atoms with van der Waals surface area (Å²) in [5.41, 5.74) is -0.597. The molecule has 0 heterocycles. The van der Waals surface area contributed by atoms with Crippen LogP contribution in [0.3, 0.4) is 0 Å². The molecule has 90 valence electrons. The molecule has 0 rings (SSSR count). The zero-order valence-electron chi connectivity index (χ0n) is 8.25. The molecule has 0 amide bonds. The number of carbonyl (C=O) groups is 2. The molecule has 0 unspecified atom stereocenters. The highest BCUT2D eigenvalue weighted by atomic mass is 17.1. The van der Waals surface area contributed by atoms with Crippen LogP contribution in [-0.2, 0) is 4.89 Å². The molecule has 8 heteroatoms. The number of hydrogen-bond acceptors (Lipinski definition) is 4. The molecule has 5 N–H and O–H groups in total. The van der Waals surface area contributed by atoms with Gasteiger partial charge in [-0.25, -0.2) is 14.5 Å². The van der Waals surface area contributed by atoms with Crippen LogP contribution in [0.1, 0.15) is 13.8 Å². The average molecular weight is 226 g/mol. The van der Waals surface area contributed by atoms with Crippen LogP contribution in [0.4, 0.5) is 9.59 Å². The summed E-state index contributed by atoms with van der Waals surface area (Å²) in [7, 11) is 0. The molecule has 0 aliphatic heterocycles. The Balaban J connectivity index is -0.000000155. The zero-order chi connectivity index (χ0) is 13.1. The second kappa shape index (κ2) is 10.3. The van der Waals surface area contributed by atoms with Gasteiger partial charge < -0.3 is 20.4 Å². The van der Waals surface area contributed by atoms with Gasteiger partial charge >= 0.3 is 12.3 Å². The Hall–Kier alpha value is -1.80. The predicted octanol–water partition coefficient (Wildman–Crippen LogP) is 1.89. The molecule has 15 heavy (non-hydrogen) atoms. The molecule has 0 aromatic carbocycles. The van der Waals surface area contributed by atoms with E-state index in [4.69, 9.17) is 35.3 Å². The first kappa shape index (κ1) is 18.9. The predicted molar refractivity (Wildman–Crippen MR) is 49.3 cm³/mol. The second-order valence-electron chi connectivity index (χ2n) is 2.46. The summed E-state index contributed by atoms with van der Waals surface area (Å²) in [6.07, 6.45) is -2.15. The Morgan fingerprint density at radius 2 is 1.33 bits per heavy atom. The van der Waals surface area contributed by atoms with E-state index >= 15 is 0 Å². The van der Waals surface area contributed by atoms with Crippen molar-refractivity contribution in [2.75, 3.05) is 0 Å². The maximum atomic E-state index is 8.56. The lowest BCUT2D eigenvalue weighted by Crippen LogP contribution is -2.17. The first-order chi connectivity index (χ1) is 6.59. The number of rotatable bonds is 2. The lowest BCUT2D eigenvalue weighted by atomic mass is 10.1. The van der Waals surface area contributed by atoms with Gasteiger partial charge in [0.1, 0.15) is 5.60 Å². The Morgan fingerprint density at radius 3 is 1.33 bits per heavy atom. The SMILES string of the molecule is C=CC(C)(C)OO.O=C(O)O.O=C(O)O. The molecule has 0 atom stereocenters. The third-order valence-corrected chi connectivity index (χ3v) is 0.727. The van der Waals surface area contributed by atoms with Crippen molar-refractivity contribution in [3.8, 4) is 0 Å². The van der Waals surface area contributed by atoms with Gasteiger partial charge in [0, 0.05) is 0 Å². The van der Waals surface area contributed by atoms with Gasteiger partial charge in [-0.1, -0.05) is 6.08 Å². The van der Waals surface area contributed by atoms with Crippen LogP contribution in [-0.4, -0.2) is 43.6 Å². The van der Waals surface area contributed by atoms with Crippen LogP contribution < -0.4 is 0 Å². The van der Waals surface area contributed by atoms with E-state index in [1.54, 1.807) is 13.8 Å². The molecule has 0 saturated carbocycles. The van der Waals surface area contributed by atoms with E-state index in [2.05, 4.69) is 11.5 Å². The second-order valence-corrected chi connectivity index (χ2v) is 2.46. The third-order valence-electron chi connectivity index (χ3n) is 0.727. The first-order valence-electron chi connectivity index (χ1n) is 3.39. The Morgan fingerprint density at radius 1 is 1.13 bits per heavy atom. The van der Waals surface area contributed by atoms with Crippen molar-refractivity contribution < 1.29 is 40.2 Å². The van der Waals surface area contributed by atoms with Crippen molar-refractivity contribution in [1.29, 1.82) is 0 Å². The molecular weight excluding hydrogens is 212 g/mol. The number of hydrogen-bond donors (Lipinski definition) is 5. The molecule has 8 nitrogen and oxygen atoms in total. The maximum absolute atomic E-state index is 8.56. The molecule has 0 aliphatic rings. The van der Waals surface area contributed by atoms with Crippen LogP contribution in [0, 0.1) is 0 Å². The lowest BCUT2D eigenvalue weighted by molar-refractivity contribution is -0.296. The highest BCUT2D eigenvalue weighted by Crippen LogP contribution is 2.05. The van der Waals surface area contributed by atoms with Gasteiger partial charge in [0.05, 0.1) is 0 Å². The molecule has 0 saturated heterocycles. The summed E-state index contributed by atoms with van der Waals surface area (Å²) in [4.78, 5) is 21.1. The van der Waals surface area contributed by atoms with E-state index in [1.807, 2.05) is 0 Å². The van der Waals surface area contributed by atoms with Gasteiger partial charge in [-0.15, -0.1) is 6.58 Å². The van der Waals surface area contributed by atoms with E-state index in [9.17, 15) is 0 Å². The summed E-state index contributed by atoms with van der Waals surface area (Å²) >= 11 is 0. The van der Waals surface area contributed by atoms with Crippen molar-refractivity contribution in [1.82, 2.24) is 0 Å². The van der Waals surface area contributed by atoms with Gasteiger partial charge in [-0.3, -0.25) is 5.26 Å². The zero-order valence-corrected chi connectivity index (χ0v) is 8.25. The fourth-order valence-electron chi connectivity index (χ4n) is 0.0373. The van der Waals surface area contributed by atoms with Gasteiger partial charge in [-0.2, -0.15) is 0 Å². The molecule has 0 aromatic heterocycles. The minimum absolute atomic E-state index is 0.597. The van der Waals surface area contributed by atoms with Crippen LogP contribution >= 0.6 is 0 Å². The van der Waals surface area contributed by atoms with Crippen LogP contribution in [0.25, 0.3) is 0 Å². The molecule has 0 spiro atoms. The third kappa shape index (κ3) is 72.0. The van der Waals surface area contributed by atoms with E-state index in [0.29, 0.717) is 0 Å². The summed E-state index contributed by atoms with van der Waals surface area (Å²) in [6.45, 7) is 6.83. The minimum atomic E-state index is -1.83. The van der Waals surface area contributed by atoms with E-state index in [-0.39, 0.29) is 0 Å². The number of carboxylic acid groups (broad SMARTS) is 4. The summed E-state index contributed by atoms with van der Waals surface area (Å²) < 4.78 is 0. The molecular formula is C7H14O8. The van der Waals surface area contributed by atoms with Crippen LogP contribution in [0.5, 0.6) is 0 Å². The summed E-state index contributed by atoms with van der Waals surface area (Å²) in [5.74, 6) is 0. The molecule has 0 radical (unpaired) electrons. The van der Waals surface area contributed by atoms with Crippen LogP contribution in [0.2, 0.25) is 0 Å². The van der Waals surface area contributed by atoms with Crippen molar-refractivity contribution in [3.63, 3.8) is 0 Å². The summed E-state index contributed by atoms with van der Waals surface area (Å²) in [6, 6.07) is 0. The van der Waals surface area contributed by atoms with Gasteiger partial charge in [-0.05, 0) is 13.8 Å². The molecule has 0 bridgehead atoms. The molecule has 0 fully saturated rings. The maximum Gasteiger partial charge on any atom is 0.503 e. The van der Waals surface area contributed by atoms with Crippen molar-refractivity contribution >= 4 is 12.3 Å². The molecule has 0 aromatic rings. The lowest BCUT2D eigenvalue weighted by Gasteiger charge is -2.12. The van der Waals surface area contributed by atoms with Crippen molar-refractivity contribution in [2.45, 2.75) is 19.4 Å². The molecule has 0 aliphatic carbocycles. The monoisotopic (exact) mass is 226 g/mol. The van der Waals surface area contributed by atoms with Gasteiger partial charge in [0.2, 0.25) is 0 Å². The van der Waals surface area contributed by atoms with E-state index in [1.165, 1.54) is 6.08 Å². The van der Waals surface area contributed by atoms with E-state index in [0.717, 1.165) is 0 Å². The van der Waals surface area contributed by atoms with Crippen LogP contribution in [0.15, 0.2) is 12.7 Å². The highest BCUT2D eigenvalue weighted by Gasteiger charge is 2.10. The Labute approximate surface area is 85.6 Å². The Bertz CT molecular complexity index is 177. The standard InChI is InChI=1S/C5H10O2.2CH2O3/c1-4-5(2,3)7-6;2*2-1(3)4/h4,6H,1H2,2-3H3;2*(H2,2,3,4). The quantitative estimate of drug-likeness (QED) is 0.272. The fourth-order valence-corrected chi connectivity index (χ4v) is 0.0373. The summed E-state index contributed by atoms with van der Waals surface area (Å²) in [5, 5.41) is 35.9. The smallest absolute Gasteiger partial charge is 0.450 e. The average Bonchev–Trinajstić information content (AvgIpc) is 2.02. The first-order valence-corrected chi connectivity index (χ1v) is 3.39. The van der Waals surface area contributed by atoms with Crippen molar-refractivity contribution in [2.24, 2.45) is 0 Å². The largest absolute Gasteiger partial charge is 0.503 e. The topological polar surface area (TPSA) is 145 Å². The highest BCUT2D eigenvalue weighted by molar-refractivity contribution is 5.53. The van der Waals surface area contributed by atoms with Crippen molar-refractivity contribution in [3.05, 3.63) is 12.7 Å². The Kier molecular flexibility index (Phi) is 12.9. The van der Waals surface area contributed by atoms with E-state index < -0.39 is 17.9 Å². The van der Waals surface area contributed by atoms with Gasteiger partial charge in [0.15, 0.2) is 0 Å². The minimum Gasteiger partial charge on any atom is -0.450 e. The normalized spacial score (nSPS) is 8.47. The van der Waals surface area contributed by atoms with Gasteiger partial charge in [0.25, 0.3) is 0 Å².